The van der Waals surface area contributed by atoms with Crippen molar-refractivity contribution < 1.29 is 9.32 Å². The molecule has 0 atom stereocenters. The number of carbonyl (C=O) groups excluding carboxylic acids is 1. The van der Waals surface area contributed by atoms with Crippen molar-refractivity contribution in [2.75, 3.05) is 31.1 Å². The van der Waals surface area contributed by atoms with Crippen LogP contribution < -0.4 is 4.90 Å². The van der Waals surface area contributed by atoms with Crippen molar-refractivity contribution in [1.82, 2.24) is 15.0 Å². The van der Waals surface area contributed by atoms with E-state index < -0.39 is 0 Å². The Morgan fingerprint density at radius 2 is 2.08 bits per heavy atom. The van der Waals surface area contributed by atoms with Crippen molar-refractivity contribution in [3.8, 4) is 6.07 Å². The van der Waals surface area contributed by atoms with Gasteiger partial charge in [0.25, 0.3) is 5.91 Å². The lowest BCUT2D eigenvalue weighted by Crippen LogP contribution is -2.49. The second-order valence-corrected chi connectivity index (χ2v) is 6.58. The van der Waals surface area contributed by atoms with E-state index in [1.807, 2.05) is 6.07 Å². The quantitative estimate of drug-likeness (QED) is 0.848. The van der Waals surface area contributed by atoms with Gasteiger partial charge in [0.05, 0.1) is 11.3 Å². The Labute approximate surface area is 146 Å². The lowest BCUT2D eigenvalue weighted by Gasteiger charge is -2.34. The molecule has 1 aliphatic heterocycles. The summed E-state index contributed by atoms with van der Waals surface area (Å²) in [5.41, 5.74) is 1.36. The summed E-state index contributed by atoms with van der Waals surface area (Å²) in [4.78, 5) is 20.7. The number of anilines is 1. The van der Waals surface area contributed by atoms with Gasteiger partial charge in [0.15, 0.2) is 0 Å². The average Bonchev–Trinajstić information content (AvgIpc) is 3.09. The van der Waals surface area contributed by atoms with E-state index >= 15 is 0 Å². The van der Waals surface area contributed by atoms with Crippen LogP contribution in [0.1, 0.15) is 35.7 Å². The predicted molar refractivity (Wildman–Crippen MR) is 92.1 cm³/mol. The van der Waals surface area contributed by atoms with E-state index in [9.17, 15) is 4.79 Å². The molecule has 2 aromatic heterocycles. The first-order chi connectivity index (χ1) is 12.1. The van der Waals surface area contributed by atoms with E-state index in [0.29, 0.717) is 43.4 Å². The molecule has 0 aliphatic carbocycles. The van der Waals surface area contributed by atoms with Crippen LogP contribution in [-0.4, -0.2) is 47.1 Å². The molecule has 3 rings (SSSR count). The average molecular weight is 339 g/mol. The van der Waals surface area contributed by atoms with Gasteiger partial charge >= 0.3 is 0 Å². The van der Waals surface area contributed by atoms with Gasteiger partial charge in [-0.05, 0) is 24.5 Å². The number of carbonyl (C=O) groups is 1. The Balaban J connectivity index is 1.58. The number of nitrogens with zero attached hydrogens (tertiary/aromatic N) is 5. The number of pyridine rings is 1. The highest BCUT2D eigenvalue weighted by atomic mass is 16.5. The van der Waals surface area contributed by atoms with Crippen LogP contribution in [0.3, 0.4) is 0 Å². The molecular formula is C18H21N5O2. The largest absolute Gasteiger partial charge is 0.353 e. The van der Waals surface area contributed by atoms with Gasteiger partial charge in [-0.25, -0.2) is 4.98 Å². The molecule has 7 nitrogen and oxygen atoms in total. The van der Waals surface area contributed by atoms with Crippen molar-refractivity contribution in [3.63, 3.8) is 0 Å². The molecule has 0 unspecified atom stereocenters. The second-order valence-electron chi connectivity index (χ2n) is 6.58. The van der Waals surface area contributed by atoms with Crippen LogP contribution in [0.2, 0.25) is 0 Å². The summed E-state index contributed by atoms with van der Waals surface area (Å²) in [5.74, 6) is 1.48. The van der Waals surface area contributed by atoms with E-state index in [4.69, 9.17) is 9.78 Å². The molecule has 1 aliphatic rings. The number of rotatable bonds is 4. The van der Waals surface area contributed by atoms with Crippen LogP contribution in [0.4, 0.5) is 5.82 Å². The molecule has 1 saturated heterocycles. The molecule has 0 spiro atoms. The number of nitriles is 1. The molecule has 0 N–H and O–H groups in total. The Bertz CT molecular complexity index is 768. The highest BCUT2D eigenvalue weighted by Gasteiger charge is 2.25. The zero-order valence-corrected chi connectivity index (χ0v) is 14.5. The van der Waals surface area contributed by atoms with Gasteiger partial charge in [-0.1, -0.05) is 19.0 Å². The van der Waals surface area contributed by atoms with E-state index in [2.05, 4.69) is 35.0 Å². The third kappa shape index (κ3) is 3.97. The van der Waals surface area contributed by atoms with Gasteiger partial charge in [-0.2, -0.15) is 5.26 Å². The first-order valence-corrected chi connectivity index (χ1v) is 8.43. The van der Waals surface area contributed by atoms with E-state index in [1.165, 1.54) is 0 Å². The summed E-state index contributed by atoms with van der Waals surface area (Å²) in [6, 6.07) is 7.40. The van der Waals surface area contributed by atoms with Crippen molar-refractivity contribution in [2.45, 2.75) is 20.3 Å². The fourth-order valence-corrected chi connectivity index (χ4v) is 2.86. The van der Waals surface area contributed by atoms with Gasteiger partial charge < -0.3 is 14.3 Å². The van der Waals surface area contributed by atoms with Crippen LogP contribution >= 0.6 is 0 Å². The lowest BCUT2D eigenvalue weighted by atomic mass is 10.1. The minimum Gasteiger partial charge on any atom is -0.353 e. The van der Waals surface area contributed by atoms with Crippen molar-refractivity contribution in [1.29, 1.82) is 5.26 Å². The monoisotopic (exact) mass is 339 g/mol. The third-order valence-corrected chi connectivity index (χ3v) is 4.15. The number of amides is 1. The molecule has 25 heavy (non-hydrogen) atoms. The summed E-state index contributed by atoms with van der Waals surface area (Å²) in [7, 11) is 0. The summed E-state index contributed by atoms with van der Waals surface area (Å²) >= 11 is 0. The van der Waals surface area contributed by atoms with Gasteiger partial charge in [0, 0.05) is 38.4 Å². The fourth-order valence-electron chi connectivity index (χ4n) is 2.86. The Morgan fingerprint density at radius 1 is 1.32 bits per heavy atom. The Hall–Kier alpha value is -2.88. The zero-order valence-electron chi connectivity index (χ0n) is 14.5. The maximum Gasteiger partial charge on any atom is 0.292 e. The van der Waals surface area contributed by atoms with Crippen LogP contribution in [0.25, 0.3) is 0 Å². The Kier molecular flexibility index (Phi) is 4.98. The summed E-state index contributed by atoms with van der Waals surface area (Å²) in [6.45, 7) is 6.79. The van der Waals surface area contributed by atoms with Crippen LogP contribution in [0.15, 0.2) is 28.9 Å². The molecule has 0 aromatic carbocycles. The van der Waals surface area contributed by atoms with Gasteiger partial charge in [0.1, 0.15) is 11.9 Å². The Morgan fingerprint density at radius 3 is 2.68 bits per heavy atom. The number of piperazine rings is 1. The lowest BCUT2D eigenvalue weighted by molar-refractivity contribution is 0.0704. The van der Waals surface area contributed by atoms with Crippen LogP contribution in [-0.2, 0) is 6.42 Å². The summed E-state index contributed by atoms with van der Waals surface area (Å²) in [6.07, 6.45) is 2.37. The molecule has 3 heterocycles. The molecule has 0 bridgehead atoms. The third-order valence-electron chi connectivity index (χ3n) is 4.15. The molecule has 130 valence electrons. The highest BCUT2D eigenvalue weighted by molar-refractivity contribution is 5.91. The standard InChI is InChI=1S/C18H21N5O2/c1-13(2)9-15-10-16(25-21-15)18(24)23-7-5-22(6-8-23)17-4-3-14(11-19)12-20-17/h3-4,10,12-13H,5-9H2,1-2H3. The van der Waals surface area contributed by atoms with Gasteiger partial charge in [-0.3, -0.25) is 4.79 Å². The van der Waals surface area contributed by atoms with Crippen LogP contribution in [0, 0.1) is 17.2 Å². The van der Waals surface area contributed by atoms with Crippen molar-refractivity contribution in [2.24, 2.45) is 5.92 Å². The van der Waals surface area contributed by atoms with Crippen LogP contribution in [0.5, 0.6) is 0 Å². The normalized spacial score (nSPS) is 14.6. The molecule has 1 fully saturated rings. The maximum absolute atomic E-state index is 12.5. The number of hydrogen-bond donors (Lipinski definition) is 0. The smallest absolute Gasteiger partial charge is 0.292 e. The number of hydrogen-bond acceptors (Lipinski definition) is 6. The molecule has 0 saturated carbocycles. The van der Waals surface area contributed by atoms with E-state index in [-0.39, 0.29) is 5.91 Å². The van der Waals surface area contributed by atoms with E-state index in [0.717, 1.165) is 17.9 Å². The first-order valence-electron chi connectivity index (χ1n) is 8.43. The van der Waals surface area contributed by atoms with Crippen molar-refractivity contribution >= 4 is 11.7 Å². The summed E-state index contributed by atoms with van der Waals surface area (Å²) in [5, 5.41) is 12.8. The highest BCUT2D eigenvalue weighted by Crippen LogP contribution is 2.16. The molecule has 2 aromatic rings. The molecule has 0 radical (unpaired) electrons. The maximum atomic E-state index is 12.5. The van der Waals surface area contributed by atoms with Gasteiger partial charge in [0.2, 0.25) is 5.76 Å². The van der Waals surface area contributed by atoms with Crippen molar-refractivity contribution in [3.05, 3.63) is 41.4 Å². The minimum absolute atomic E-state index is 0.116. The van der Waals surface area contributed by atoms with E-state index in [1.54, 1.807) is 23.2 Å². The topological polar surface area (TPSA) is 86.3 Å². The molecule has 1 amide bonds. The van der Waals surface area contributed by atoms with Gasteiger partial charge in [-0.15, -0.1) is 0 Å². The molecule has 7 heteroatoms. The SMILES string of the molecule is CC(C)Cc1cc(C(=O)N2CCN(c3ccc(C#N)cn3)CC2)on1. The first kappa shape index (κ1) is 17.0. The molecular weight excluding hydrogens is 318 g/mol. The number of aromatic nitrogens is 2. The zero-order chi connectivity index (χ0) is 17.8. The predicted octanol–water partition coefficient (Wildman–Crippen LogP) is 2.10. The fraction of sp³-hybridized carbons (Fsp3) is 0.444. The minimum atomic E-state index is -0.116. The second kappa shape index (κ2) is 7.34. The summed E-state index contributed by atoms with van der Waals surface area (Å²) < 4.78 is 5.22.